The molecule has 0 bridgehead atoms. The van der Waals surface area contributed by atoms with Gasteiger partial charge in [-0.1, -0.05) is 0 Å². The molecule has 1 aliphatic heterocycles. The molecule has 2 amide bonds. The van der Waals surface area contributed by atoms with Gasteiger partial charge in [0.25, 0.3) is 0 Å². The van der Waals surface area contributed by atoms with Crippen molar-refractivity contribution in [3.63, 3.8) is 0 Å². The summed E-state index contributed by atoms with van der Waals surface area (Å²) in [5, 5.41) is 6.07. The molecule has 0 unspecified atom stereocenters. The third-order valence-corrected chi connectivity index (χ3v) is 4.59. The van der Waals surface area contributed by atoms with Crippen molar-refractivity contribution >= 4 is 23.2 Å². The quantitative estimate of drug-likeness (QED) is 0.914. The maximum Gasteiger partial charge on any atom is 0.317 e. The minimum atomic E-state index is -0.00394. The Morgan fingerprint density at radius 1 is 1.30 bits per heavy atom. The van der Waals surface area contributed by atoms with Gasteiger partial charge in [-0.25, -0.2) is 14.8 Å². The molecule has 3 rings (SSSR count). The molecule has 0 aromatic carbocycles. The third-order valence-electron chi connectivity index (χ3n) is 3.76. The van der Waals surface area contributed by atoms with Crippen LogP contribution in [0.1, 0.15) is 10.7 Å². The molecule has 1 fully saturated rings. The molecule has 1 saturated heterocycles. The van der Waals surface area contributed by atoms with Gasteiger partial charge >= 0.3 is 6.03 Å². The molecule has 7 nitrogen and oxygen atoms in total. The first kappa shape index (κ1) is 15.7. The van der Waals surface area contributed by atoms with Crippen molar-refractivity contribution in [2.24, 2.45) is 0 Å². The van der Waals surface area contributed by atoms with Crippen LogP contribution in [0.25, 0.3) is 0 Å². The minimum absolute atomic E-state index is 0.00394. The lowest BCUT2D eigenvalue weighted by Gasteiger charge is -2.35. The van der Waals surface area contributed by atoms with Gasteiger partial charge in [-0.3, -0.25) is 4.98 Å². The average Bonchev–Trinajstić information content (AvgIpc) is 3.01. The monoisotopic (exact) mass is 332 g/mol. The number of thiazole rings is 1. The molecule has 2 aromatic rings. The van der Waals surface area contributed by atoms with E-state index in [1.165, 1.54) is 0 Å². The SMILES string of the molecule is Cc1nc(CCNC(=O)N2CCN(c3cnccn3)CC2)cs1. The smallest absolute Gasteiger partial charge is 0.317 e. The summed E-state index contributed by atoms with van der Waals surface area (Å²) < 4.78 is 0. The molecular weight excluding hydrogens is 312 g/mol. The molecule has 0 aliphatic carbocycles. The number of aryl methyl sites for hydroxylation is 1. The van der Waals surface area contributed by atoms with Crippen LogP contribution in [0, 0.1) is 6.92 Å². The number of nitrogens with zero attached hydrogens (tertiary/aromatic N) is 5. The number of carbonyl (C=O) groups is 1. The van der Waals surface area contributed by atoms with E-state index >= 15 is 0 Å². The van der Waals surface area contributed by atoms with E-state index in [0.29, 0.717) is 19.6 Å². The lowest BCUT2D eigenvalue weighted by molar-refractivity contribution is 0.194. The van der Waals surface area contributed by atoms with E-state index in [2.05, 4.69) is 25.2 Å². The predicted octanol–water partition coefficient (Wildman–Crippen LogP) is 1.32. The van der Waals surface area contributed by atoms with Gasteiger partial charge in [-0.2, -0.15) is 0 Å². The lowest BCUT2D eigenvalue weighted by Crippen LogP contribution is -2.52. The Kier molecular flexibility index (Phi) is 5.02. The second-order valence-corrected chi connectivity index (χ2v) is 6.44. The Morgan fingerprint density at radius 3 is 2.78 bits per heavy atom. The van der Waals surface area contributed by atoms with Crippen molar-refractivity contribution in [3.8, 4) is 0 Å². The van der Waals surface area contributed by atoms with E-state index in [1.54, 1.807) is 29.9 Å². The number of aromatic nitrogens is 3. The first-order valence-electron chi connectivity index (χ1n) is 7.67. The summed E-state index contributed by atoms with van der Waals surface area (Å²) in [7, 11) is 0. The first-order valence-corrected chi connectivity index (χ1v) is 8.55. The third kappa shape index (κ3) is 4.16. The van der Waals surface area contributed by atoms with Gasteiger partial charge in [-0.05, 0) is 6.92 Å². The van der Waals surface area contributed by atoms with Crippen LogP contribution >= 0.6 is 11.3 Å². The molecule has 0 radical (unpaired) electrons. The van der Waals surface area contributed by atoms with E-state index in [-0.39, 0.29) is 6.03 Å². The summed E-state index contributed by atoms with van der Waals surface area (Å²) in [5.41, 5.74) is 1.04. The fraction of sp³-hybridized carbons (Fsp3) is 0.467. The van der Waals surface area contributed by atoms with Crippen LogP contribution in [-0.2, 0) is 6.42 Å². The topological polar surface area (TPSA) is 74.2 Å². The highest BCUT2D eigenvalue weighted by Gasteiger charge is 2.21. The molecule has 8 heteroatoms. The van der Waals surface area contributed by atoms with E-state index < -0.39 is 0 Å². The number of piperazine rings is 1. The van der Waals surface area contributed by atoms with Crippen LogP contribution in [0.4, 0.5) is 10.6 Å². The molecule has 0 atom stereocenters. The van der Waals surface area contributed by atoms with Crippen molar-refractivity contribution < 1.29 is 4.79 Å². The van der Waals surface area contributed by atoms with Crippen LogP contribution in [0.2, 0.25) is 0 Å². The van der Waals surface area contributed by atoms with E-state index in [4.69, 9.17) is 0 Å². The average molecular weight is 332 g/mol. The summed E-state index contributed by atoms with van der Waals surface area (Å²) in [6.45, 7) is 5.54. The molecule has 0 saturated carbocycles. The number of nitrogens with one attached hydrogen (secondary N) is 1. The van der Waals surface area contributed by atoms with E-state index in [0.717, 1.165) is 36.0 Å². The first-order chi connectivity index (χ1) is 11.2. The molecule has 0 spiro atoms. The molecule has 2 aromatic heterocycles. The Labute approximate surface area is 139 Å². The second kappa shape index (κ2) is 7.36. The van der Waals surface area contributed by atoms with Crippen LogP contribution in [0.15, 0.2) is 24.0 Å². The zero-order valence-corrected chi connectivity index (χ0v) is 13.9. The van der Waals surface area contributed by atoms with E-state index in [1.807, 2.05) is 17.2 Å². The van der Waals surface area contributed by atoms with Crippen LogP contribution in [0.5, 0.6) is 0 Å². The lowest BCUT2D eigenvalue weighted by atomic mass is 10.3. The molecule has 122 valence electrons. The highest BCUT2D eigenvalue weighted by molar-refractivity contribution is 7.09. The summed E-state index contributed by atoms with van der Waals surface area (Å²) in [5.74, 6) is 0.867. The fourth-order valence-corrected chi connectivity index (χ4v) is 3.17. The van der Waals surface area contributed by atoms with Crippen LogP contribution < -0.4 is 10.2 Å². The maximum atomic E-state index is 12.2. The minimum Gasteiger partial charge on any atom is -0.352 e. The van der Waals surface area contributed by atoms with Gasteiger partial charge in [0.2, 0.25) is 0 Å². The van der Waals surface area contributed by atoms with Crippen LogP contribution in [0.3, 0.4) is 0 Å². The molecule has 23 heavy (non-hydrogen) atoms. The zero-order chi connectivity index (χ0) is 16.1. The van der Waals surface area contributed by atoms with Crippen molar-refractivity contribution in [3.05, 3.63) is 34.7 Å². The number of urea groups is 1. The number of carbonyl (C=O) groups excluding carboxylic acids is 1. The number of hydrogen-bond acceptors (Lipinski definition) is 6. The second-order valence-electron chi connectivity index (χ2n) is 5.38. The predicted molar refractivity (Wildman–Crippen MR) is 89.8 cm³/mol. The molecule has 1 aliphatic rings. The Balaban J connectivity index is 1.41. The van der Waals surface area contributed by atoms with Gasteiger partial charge in [0.05, 0.1) is 16.9 Å². The molecule has 3 heterocycles. The van der Waals surface area contributed by atoms with Gasteiger partial charge in [0, 0.05) is 56.9 Å². The zero-order valence-electron chi connectivity index (χ0n) is 13.1. The summed E-state index contributed by atoms with van der Waals surface area (Å²) in [6, 6.07) is -0.00394. The Morgan fingerprint density at radius 2 is 2.13 bits per heavy atom. The largest absolute Gasteiger partial charge is 0.352 e. The van der Waals surface area contributed by atoms with Gasteiger partial charge in [0.15, 0.2) is 0 Å². The van der Waals surface area contributed by atoms with Crippen molar-refractivity contribution in [1.82, 2.24) is 25.2 Å². The highest BCUT2D eigenvalue weighted by Crippen LogP contribution is 2.11. The van der Waals surface area contributed by atoms with Gasteiger partial charge in [0.1, 0.15) is 5.82 Å². The van der Waals surface area contributed by atoms with Crippen molar-refractivity contribution in [2.45, 2.75) is 13.3 Å². The normalized spacial score (nSPS) is 14.8. The molecule has 1 N–H and O–H groups in total. The Hall–Kier alpha value is -2.22. The van der Waals surface area contributed by atoms with Gasteiger partial charge in [-0.15, -0.1) is 11.3 Å². The van der Waals surface area contributed by atoms with Gasteiger partial charge < -0.3 is 15.1 Å². The number of rotatable bonds is 4. The number of anilines is 1. The summed E-state index contributed by atoms with van der Waals surface area (Å²) >= 11 is 1.64. The van der Waals surface area contributed by atoms with Crippen molar-refractivity contribution in [1.29, 1.82) is 0 Å². The highest BCUT2D eigenvalue weighted by atomic mass is 32.1. The van der Waals surface area contributed by atoms with Crippen molar-refractivity contribution in [2.75, 3.05) is 37.6 Å². The van der Waals surface area contributed by atoms with Crippen LogP contribution in [-0.4, -0.2) is 58.6 Å². The molecular formula is C15H20N6OS. The fourth-order valence-electron chi connectivity index (χ4n) is 2.53. The standard InChI is InChI=1S/C15H20N6OS/c1-12-19-13(11-23-12)2-3-18-15(22)21-8-6-20(7-9-21)14-10-16-4-5-17-14/h4-5,10-11H,2-3,6-9H2,1H3,(H,18,22). The maximum absolute atomic E-state index is 12.2. The van der Waals surface area contributed by atoms with E-state index in [9.17, 15) is 4.79 Å². The number of hydrogen-bond donors (Lipinski definition) is 1. The number of amides is 2. The summed E-state index contributed by atoms with van der Waals surface area (Å²) in [4.78, 5) is 29.0. The Bertz CT molecular complexity index is 638. The summed E-state index contributed by atoms with van der Waals surface area (Å²) in [6.07, 6.45) is 5.88.